The van der Waals surface area contributed by atoms with Gasteiger partial charge >= 0.3 is 0 Å². The van der Waals surface area contributed by atoms with Gasteiger partial charge in [0.1, 0.15) is 17.3 Å². The summed E-state index contributed by atoms with van der Waals surface area (Å²) in [5.74, 6) is 0.986. The summed E-state index contributed by atoms with van der Waals surface area (Å²) in [7, 11) is 1.63. The first kappa shape index (κ1) is 19.2. The van der Waals surface area contributed by atoms with Crippen molar-refractivity contribution in [1.29, 1.82) is 0 Å². The van der Waals surface area contributed by atoms with Crippen molar-refractivity contribution >= 4 is 28.9 Å². The average Bonchev–Trinajstić information content (AvgIpc) is 3.20. The summed E-state index contributed by atoms with van der Waals surface area (Å²) >= 11 is 12.6. The van der Waals surface area contributed by atoms with Gasteiger partial charge in [-0.3, -0.25) is 0 Å². The van der Waals surface area contributed by atoms with Crippen molar-refractivity contribution in [3.8, 4) is 11.5 Å². The van der Waals surface area contributed by atoms with Crippen LogP contribution in [0.4, 0.5) is 4.39 Å². The van der Waals surface area contributed by atoms with E-state index >= 15 is 0 Å². The molecule has 2 aliphatic rings. The molecule has 0 aliphatic carbocycles. The second-order valence-corrected chi connectivity index (χ2v) is 8.01. The highest BCUT2D eigenvalue weighted by atomic mass is 35.5. The summed E-state index contributed by atoms with van der Waals surface area (Å²) < 4.78 is 26.2. The minimum absolute atomic E-state index is 0.148. The maximum Gasteiger partial charge on any atom is 0.218 e. The fourth-order valence-corrected chi connectivity index (χ4v) is 4.39. The van der Waals surface area contributed by atoms with Crippen molar-refractivity contribution in [2.24, 2.45) is 5.10 Å². The Balaban J connectivity index is 1.62. The van der Waals surface area contributed by atoms with Crippen molar-refractivity contribution in [3.05, 3.63) is 93.2 Å². The van der Waals surface area contributed by atoms with Crippen LogP contribution in [-0.4, -0.2) is 17.8 Å². The number of ether oxygens (including phenoxy) is 2. The summed E-state index contributed by atoms with van der Waals surface area (Å²) in [6, 6.07) is 17.6. The van der Waals surface area contributed by atoms with Gasteiger partial charge in [0.05, 0.1) is 29.4 Å². The lowest BCUT2D eigenvalue weighted by molar-refractivity contribution is -0.0211. The molecule has 152 valence electrons. The van der Waals surface area contributed by atoms with Gasteiger partial charge in [0.25, 0.3) is 0 Å². The van der Waals surface area contributed by atoms with Crippen LogP contribution < -0.4 is 9.47 Å². The number of benzene rings is 3. The van der Waals surface area contributed by atoms with Crippen molar-refractivity contribution in [2.75, 3.05) is 7.11 Å². The van der Waals surface area contributed by atoms with E-state index in [0.717, 1.165) is 22.6 Å². The third-order valence-corrected chi connectivity index (χ3v) is 5.99. The van der Waals surface area contributed by atoms with Gasteiger partial charge in [0.2, 0.25) is 6.23 Å². The molecule has 3 aromatic rings. The van der Waals surface area contributed by atoms with E-state index in [-0.39, 0.29) is 11.6 Å². The van der Waals surface area contributed by atoms with E-state index < -0.39 is 12.0 Å². The SMILES string of the molecule is COc1ccc(C2=NN3[C@@H](c4c(F)cccc4Cl)Oc4ccc(Cl)cc4[C@@H]3C2)cc1. The molecule has 30 heavy (non-hydrogen) atoms. The van der Waals surface area contributed by atoms with E-state index in [1.165, 1.54) is 6.07 Å². The molecule has 0 saturated carbocycles. The fourth-order valence-electron chi connectivity index (χ4n) is 3.95. The van der Waals surface area contributed by atoms with Crippen LogP contribution in [0.3, 0.4) is 0 Å². The second-order valence-electron chi connectivity index (χ2n) is 7.16. The van der Waals surface area contributed by atoms with E-state index in [1.54, 1.807) is 30.3 Å². The first-order chi connectivity index (χ1) is 14.5. The van der Waals surface area contributed by atoms with Crippen LogP contribution in [0, 0.1) is 5.82 Å². The lowest BCUT2D eigenvalue weighted by Gasteiger charge is -2.38. The normalized spacial score (nSPS) is 19.6. The van der Waals surface area contributed by atoms with Gasteiger partial charge < -0.3 is 9.47 Å². The molecule has 5 rings (SSSR count). The Bertz CT molecular complexity index is 1130. The molecule has 0 amide bonds. The van der Waals surface area contributed by atoms with Gasteiger partial charge in [0.15, 0.2) is 0 Å². The van der Waals surface area contributed by atoms with E-state index in [0.29, 0.717) is 22.2 Å². The molecular formula is C23H17Cl2FN2O2. The molecule has 2 heterocycles. The van der Waals surface area contributed by atoms with Crippen LogP contribution >= 0.6 is 23.2 Å². The predicted molar refractivity (Wildman–Crippen MR) is 115 cm³/mol. The first-order valence-corrected chi connectivity index (χ1v) is 10.2. The zero-order valence-electron chi connectivity index (χ0n) is 16.0. The Labute approximate surface area is 183 Å². The topological polar surface area (TPSA) is 34.1 Å². The van der Waals surface area contributed by atoms with Crippen LogP contribution in [0.25, 0.3) is 0 Å². The number of rotatable bonds is 3. The van der Waals surface area contributed by atoms with E-state index in [1.807, 2.05) is 36.4 Å². The van der Waals surface area contributed by atoms with Crippen LogP contribution in [0.5, 0.6) is 11.5 Å². The number of hydrogen-bond acceptors (Lipinski definition) is 4. The highest BCUT2D eigenvalue weighted by Gasteiger charge is 2.42. The Morgan fingerprint density at radius 2 is 1.90 bits per heavy atom. The molecule has 0 unspecified atom stereocenters. The predicted octanol–water partition coefficient (Wildman–Crippen LogP) is 6.38. The average molecular weight is 443 g/mol. The molecule has 2 aliphatic heterocycles. The third kappa shape index (κ3) is 3.18. The van der Waals surface area contributed by atoms with Crippen LogP contribution in [0.1, 0.15) is 35.4 Å². The summed E-state index contributed by atoms with van der Waals surface area (Å²) in [4.78, 5) is 0. The van der Waals surface area contributed by atoms with Gasteiger partial charge in [-0.2, -0.15) is 5.10 Å². The number of halogens is 3. The van der Waals surface area contributed by atoms with E-state index in [4.69, 9.17) is 37.8 Å². The van der Waals surface area contributed by atoms with Gasteiger partial charge in [-0.25, -0.2) is 9.40 Å². The number of nitrogens with zero attached hydrogens (tertiary/aromatic N) is 2. The molecule has 3 aromatic carbocycles. The maximum atomic E-state index is 14.8. The number of hydrazone groups is 1. The molecular weight excluding hydrogens is 426 g/mol. The van der Waals surface area contributed by atoms with Crippen molar-refractivity contribution in [1.82, 2.24) is 5.01 Å². The minimum Gasteiger partial charge on any atom is -0.497 e. The molecule has 0 N–H and O–H groups in total. The van der Waals surface area contributed by atoms with E-state index in [9.17, 15) is 4.39 Å². The Morgan fingerprint density at radius 3 is 2.63 bits per heavy atom. The summed E-state index contributed by atoms with van der Waals surface area (Å²) in [5, 5.41) is 7.50. The zero-order valence-corrected chi connectivity index (χ0v) is 17.5. The lowest BCUT2D eigenvalue weighted by Crippen LogP contribution is -2.34. The van der Waals surface area contributed by atoms with Gasteiger partial charge in [0, 0.05) is 17.0 Å². The van der Waals surface area contributed by atoms with Crippen molar-refractivity contribution in [3.63, 3.8) is 0 Å². The molecule has 7 heteroatoms. The highest BCUT2D eigenvalue weighted by Crippen LogP contribution is 2.49. The molecule has 4 nitrogen and oxygen atoms in total. The van der Waals surface area contributed by atoms with Crippen molar-refractivity contribution in [2.45, 2.75) is 18.7 Å². The summed E-state index contributed by atoms with van der Waals surface area (Å²) in [6.45, 7) is 0. The van der Waals surface area contributed by atoms with Gasteiger partial charge in [-0.05, 0) is 60.2 Å². The molecule has 0 bridgehead atoms. The Hall–Kier alpha value is -2.76. The molecule has 0 spiro atoms. The molecule has 0 aromatic heterocycles. The number of hydrogen-bond donors (Lipinski definition) is 0. The lowest BCUT2D eigenvalue weighted by atomic mass is 9.96. The van der Waals surface area contributed by atoms with E-state index in [2.05, 4.69) is 0 Å². The van der Waals surface area contributed by atoms with Crippen molar-refractivity contribution < 1.29 is 13.9 Å². The number of fused-ring (bicyclic) bond motifs is 3. The monoisotopic (exact) mass is 442 g/mol. The molecule has 0 radical (unpaired) electrons. The quantitative estimate of drug-likeness (QED) is 0.471. The van der Waals surface area contributed by atoms with Crippen LogP contribution in [-0.2, 0) is 0 Å². The summed E-state index contributed by atoms with van der Waals surface area (Å²) in [5.41, 5.74) is 3.02. The Morgan fingerprint density at radius 1 is 1.10 bits per heavy atom. The van der Waals surface area contributed by atoms with Crippen LogP contribution in [0.2, 0.25) is 10.0 Å². The third-order valence-electron chi connectivity index (χ3n) is 5.42. The molecule has 0 fully saturated rings. The maximum absolute atomic E-state index is 14.8. The number of methoxy groups -OCH3 is 1. The molecule has 0 saturated heterocycles. The zero-order chi connectivity index (χ0) is 20.8. The van der Waals surface area contributed by atoms with Gasteiger partial charge in [-0.15, -0.1) is 0 Å². The smallest absolute Gasteiger partial charge is 0.218 e. The minimum atomic E-state index is -0.784. The standard InChI is InChI=1S/C23H17Cl2FN2O2/c1-29-15-8-5-13(6-9-15)19-12-20-16-11-14(24)7-10-21(16)30-23(28(20)27-19)22-17(25)3-2-4-18(22)26/h2-11,20,23H,12H2,1H3/t20-,23+/m0/s1. The largest absolute Gasteiger partial charge is 0.497 e. The Kier molecular flexibility index (Phi) is 4.80. The second kappa shape index (κ2) is 7.49. The first-order valence-electron chi connectivity index (χ1n) is 9.45. The van der Waals surface area contributed by atoms with Gasteiger partial charge in [-0.1, -0.05) is 29.3 Å². The summed E-state index contributed by atoms with van der Waals surface area (Å²) in [6.07, 6.45) is -0.154. The van der Waals surface area contributed by atoms with Crippen LogP contribution in [0.15, 0.2) is 65.8 Å². The molecule has 2 atom stereocenters. The fraction of sp³-hybridized carbons (Fsp3) is 0.174. The highest BCUT2D eigenvalue weighted by molar-refractivity contribution is 6.31.